The third kappa shape index (κ3) is 5.62. The summed E-state index contributed by atoms with van der Waals surface area (Å²) in [6.45, 7) is 2.27. The lowest BCUT2D eigenvalue weighted by molar-refractivity contribution is 0.0691. The normalized spacial score (nSPS) is 17.7. The summed E-state index contributed by atoms with van der Waals surface area (Å²) in [5, 5.41) is 9.92. The number of carbonyl (C=O) groups is 1. The molecule has 7 nitrogen and oxygen atoms in total. The highest BCUT2D eigenvalue weighted by atomic mass is 32.2. The van der Waals surface area contributed by atoms with E-state index in [9.17, 15) is 17.6 Å². The highest BCUT2D eigenvalue weighted by Crippen LogP contribution is 2.38. The van der Waals surface area contributed by atoms with Crippen LogP contribution in [0.1, 0.15) is 60.9 Å². The fraction of sp³-hybridized carbons (Fsp3) is 0.310. The minimum atomic E-state index is -4.15. The molecule has 0 bridgehead atoms. The lowest BCUT2D eigenvalue weighted by Gasteiger charge is -2.28. The zero-order valence-corrected chi connectivity index (χ0v) is 23.2. The molecule has 39 heavy (non-hydrogen) atoms. The van der Waals surface area contributed by atoms with Crippen molar-refractivity contribution in [2.24, 2.45) is 5.92 Å². The van der Waals surface area contributed by atoms with Crippen LogP contribution in [0.5, 0.6) is 5.75 Å². The number of fused-ring (bicyclic) bond motifs is 1. The van der Waals surface area contributed by atoms with Gasteiger partial charge in [-0.3, -0.25) is 4.72 Å². The second kappa shape index (κ2) is 10.9. The van der Waals surface area contributed by atoms with E-state index < -0.39 is 27.4 Å². The Labute approximate surface area is 230 Å². The van der Waals surface area contributed by atoms with Gasteiger partial charge < -0.3 is 9.84 Å². The Kier molecular flexibility index (Phi) is 7.59. The number of nitrogens with zero attached hydrogens (tertiary/aromatic N) is 1. The van der Waals surface area contributed by atoms with Gasteiger partial charge in [-0.2, -0.15) is 0 Å². The Hall–Kier alpha value is -3.50. The maximum atomic E-state index is 14.2. The fourth-order valence-corrected chi connectivity index (χ4v) is 7.20. The van der Waals surface area contributed by atoms with Crippen molar-refractivity contribution in [2.75, 3.05) is 11.8 Å². The van der Waals surface area contributed by atoms with Gasteiger partial charge in [-0.25, -0.2) is 22.6 Å². The Balaban J connectivity index is 1.37. The van der Waals surface area contributed by atoms with Crippen LogP contribution in [0.2, 0.25) is 0 Å². The van der Waals surface area contributed by atoms with Gasteiger partial charge in [0.05, 0.1) is 33.5 Å². The number of hydrogen-bond donors (Lipinski definition) is 2. The van der Waals surface area contributed by atoms with Crippen molar-refractivity contribution < 1.29 is 27.4 Å². The molecule has 0 radical (unpaired) electrons. The first-order chi connectivity index (χ1) is 18.7. The van der Waals surface area contributed by atoms with E-state index in [-0.39, 0.29) is 16.3 Å². The molecular formula is C29H29FN2O5S2. The van der Waals surface area contributed by atoms with Crippen LogP contribution in [0.3, 0.4) is 0 Å². The molecular weight excluding hydrogens is 539 g/mol. The third-order valence-electron chi connectivity index (χ3n) is 7.49. The number of methoxy groups -OCH3 is 1. The summed E-state index contributed by atoms with van der Waals surface area (Å²) in [7, 11) is -2.91. The molecule has 0 saturated heterocycles. The van der Waals surface area contributed by atoms with Crippen molar-refractivity contribution >= 4 is 43.2 Å². The standard InChI is InChI=1S/C29H29FN2O5S2/c1-3-17-4-6-18(7-5-17)19-8-10-20(11-9-19)28-31-25-14-21(12-13-27(25)38-28)39(35,36)32-24-16-23(30)22(29(33)34)15-26(24)37-2/h8-18,32H,3-7H2,1-2H3,(H,33,34). The molecule has 1 aliphatic carbocycles. The summed E-state index contributed by atoms with van der Waals surface area (Å²) >= 11 is 1.48. The molecule has 0 spiro atoms. The molecule has 2 N–H and O–H groups in total. The molecule has 1 heterocycles. The van der Waals surface area contributed by atoms with Crippen molar-refractivity contribution in [1.82, 2.24) is 4.98 Å². The lowest BCUT2D eigenvalue weighted by atomic mass is 9.78. The van der Waals surface area contributed by atoms with Gasteiger partial charge in [-0.15, -0.1) is 11.3 Å². The largest absolute Gasteiger partial charge is 0.495 e. The molecule has 0 aliphatic heterocycles. The number of ether oxygens (including phenoxy) is 1. The molecule has 4 aromatic rings. The summed E-state index contributed by atoms with van der Waals surface area (Å²) in [5.41, 5.74) is 2.03. The van der Waals surface area contributed by atoms with E-state index in [2.05, 4.69) is 40.9 Å². The second-order valence-electron chi connectivity index (χ2n) is 9.84. The van der Waals surface area contributed by atoms with Gasteiger partial charge in [0.15, 0.2) is 0 Å². The highest BCUT2D eigenvalue weighted by molar-refractivity contribution is 7.92. The third-order valence-corrected chi connectivity index (χ3v) is 9.94. The van der Waals surface area contributed by atoms with Gasteiger partial charge in [0.25, 0.3) is 10.0 Å². The molecule has 0 unspecified atom stereocenters. The van der Waals surface area contributed by atoms with Crippen molar-refractivity contribution in [3.05, 3.63) is 71.5 Å². The molecule has 1 fully saturated rings. The molecule has 5 rings (SSSR count). The van der Waals surface area contributed by atoms with Gasteiger partial charge in [0, 0.05) is 11.6 Å². The van der Waals surface area contributed by atoms with Crippen LogP contribution in [0.15, 0.2) is 59.5 Å². The van der Waals surface area contributed by atoms with Crippen LogP contribution in [0.25, 0.3) is 20.8 Å². The zero-order valence-electron chi connectivity index (χ0n) is 21.6. The maximum Gasteiger partial charge on any atom is 0.338 e. The van der Waals surface area contributed by atoms with E-state index in [1.54, 1.807) is 6.07 Å². The van der Waals surface area contributed by atoms with E-state index in [4.69, 9.17) is 9.84 Å². The number of halogens is 1. The highest BCUT2D eigenvalue weighted by Gasteiger charge is 2.23. The number of nitrogens with one attached hydrogen (secondary N) is 1. The molecule has 204 valence electrons. The van der Waals surface area contributed by atoms with Crippen LogP contribution in [-0.4, -0.2) is 31.6 Å². The number of thiazole rings is 1. The van der Waals surface area contributed by atoms with Gasteiger partial charge in [-0.1, -0.05) is 37.6 Å². The molecule has 10 heteroatoms. The summed E-state index contributed by atoms with van der Waals surface area (Å²) in [6.07, 6.45) is 6.29. The number of carboxylic acid groups (broad SMARTS) is 1. The minimum Gasteiger partial charge on any atom is -0.495 e. The van der Waals surface area contributed by atoms with Crippen molar-refractivity contribution in [2.45, 2.75) is 49.8 Å². The summed E-state index contributed by atoms with van der Waals surface area (Å²) in [6, 6.07) is 14.9. The summed E-state index contributed by atoms with van der Waals surface area (Å²) in [5.74, 6) is -1.23. The predicted molar refractivity (Wildman–Crippen MR) is 151 cm³/mol. The van der Waals surface area contributed by atoms with Crippen molar-refractivity contribution in [3.8, 4) is 16.3 Å². The molecule has 0 atom stereocenters. The van der Waals surface area contributed by atoms with Gasteiger partial charge in [0.1, 0.15) is 16.6 Å². The smallest absolute Gasteiger partial charge is 0.338 e. The molecule has 1 aromatic heterocycles. The fourth-order valence-electron chi connectivity index (χ4n) is 5.17. The minimum absolute atomic E-state index is 0.0605. The average molecular weight is 569 g/mol. The topological polar surface area (TPSA) is 106 Å². The summed E-state index contributed by atoms with van der Waals surface area (Å²) in [4.78, 5) is 15.8. The van der Waals surface area contributed by atoms with Gasteiger partial charge >= 0.3 is 5.97 Å². The van der Waals surface area contributed by atoms with Crippen LogP contribution in [0, 0.1) is 11.7 Å². The Bertz CT molecular complexity index is 1630. The Morgan fingerprint density at radius 3 is 2.46 bits per heavy atom. The number of sulfonamides is 1. The Morgan fingerprint density at radius 1 is 1.10 bits per heavy atom. The van der Waals surface area contributed by atoms with Crippen molar-refractivity contribution in [1.29, 1.82) is 0 Å². The number of aromatic nitrogens is 1. The van der Waals surface area contributed by atoms with Crippen LogP contribution >= 0.6 is 11.3 Å². The van der Waals surface area contributed by atoms with Gasteiger partial charge in [0.2, 0.25) is 0 Å². The molecule has 0 amide bonds. The van der Waals surface area contributed by atoms with E-state index in [1.807, 2.05) is 0 Å². The van der Waals surface area contributed by atoms with E-state index >= 15 is 0 Å². The lowest BCUT2D eigenvalue weighted by Crippen LogP contribution is -2.14. The first kappa shape index (κ1) is 27.1. The quantitative estimate of drug-likeness (QED) is 0.231. The first-order valence-corrected chi connectivity index (χ1v) is 15.1. The summed E-state index contributed by atoms with van der Waals surface area (Å²) < 4.78 is 48.7. The van der Waals surface area contributed by atoms with E-state index in [0.29, 0.717) is 11.4 Å². The second-order valence-corrected chi connectivity index (χ2v) is 12.6. The van der Waals surface area contributed by atoms with Gasteiger partial charge in [-0.05, 0) is 67.3 Å². The molecule has 1 saturated carbocycles. The SMILES string of the molecule is CCC1CCC(c2ccc(-c3nc4cc(S(=O)(=O)Nc5cc(F)c(C(=O)O)cc5OC)ccc4s3)cc2)CC1. The molecule has 3 aromatic carbocycles. The maximum absolute atomic E-state index is 14.2. The molecule has 1 aliphatic rings. The predicted octanol–water partition coefficient (Wildman–Crippen LogP) is 7.29. The monoisotopic (exact) mass is 568 g/mol. The van der Waals surface area contributed by atoms with Crippen LogP contribution in [0.4, 0.5) is 10.1 Å². The number of aromatic carboxylic acids is 1. The zero-order chi connectivity index (χ0) is 27.7. The van der Waals surface area contributed by atoms with Crippen LogP contribution in [-0.2, 0) is 10.0 Å². The van der Waals surface area contributed by atoms with Crippen LogP contribution < -0.4 is 9.46 Å². The number of rotatable bonds is 8. The number of anilines is 1. The van der Waals surface area contributed by atoms with E-state index in [0.717, 1.165) is 33.3 Å². The van der Waals surface area contributed by atoms with Crippen molar-refractivity contribution in [3.63, 3.8) is 0 Å². The first-order valence-electron chi connectivity index (χ1n) is 12.8. The number of hydrogen-bond acceptors (Lipinski definition) is 6. The number of benzene rings is 3. The van der Waals surface area contributed by atoms with E-state index in [1.165, 1.54) is 68.2 Å². The number of carboxylic acids is 1. The average Bonchev–Trinajstić information content (AvgIpc) is 3.37. The Morgan fingerprint density at radius 2 is 1.82 bits per heavy atom.